The number of hydrogen-bond acceptors (Lipinski definition) is 5. The normalized spacial score (nSPS) is 12.0. The van der Waals surface area contributed by atoms with Crippen LogP contribution in [-0.4, -0.2) is 33.3 Å². The van der Waals surface area contributed by atoms with Gasteiger partial charge in [-0.25, -0.2) is 4.79 Å². The quantitative estimate of drug-likeness (QED) is 0.648. The highest BCUT2D eigenvalue weighted by Crippen LogP contribution is 2.05. The highest BCUT2D eigenvalue weighted by Gasteiger charge is 2.19. The van der Waals surface area contributed by atoms with Crippen molar-refractivity contribution in [3.8, 4) is 0 Å². The van der Waals surface area contributed by atoms with Gasteiger partial charge >= 0.3 is 11.3 Å². The summed E-state index contributed by atoms with van der Waals surface area (Å²) >= 11 is 0.507. The van der Waals surface area contributed by atoms with Crippen LogP contribution in [0.3, 0.4) is 0 Å². The summed E-state index contributed by atoms with van der Waals surface area (Å²) in [4.78, 5) is 26.2. The number of rotatable bonds is 7. The first kappa shape index (κ1) is 14.5. The van der Waals surface area contributed by atoms with Gasteiger partial charge in [0, 0.05) is 5.75 Å². The van der Waals surface area contributed by atoms with Crippen LogP contribution in [0.25, 0.3) is 0 Å². The molecule has 98 valence electrons. The van der Waals surface area contributed by atoms with Crippen molar-refractivity contribution in [2.75, 3.05) is 5.75 Å². The zero-order valence-electron chi connectivity index (χ0n) is 9.41. The Hall–Kier alpha value is -1.57. The van der Waals surface area contributed by atoms with Crippen LogP contribution < -0.4 is 5.48 Å². The second-order valence-electron chi connectivity index (χ2n) is 3.36. The Labute approximate surface area is 108 Å². The average molecular weight is 271 g/mol. The molecule has 0 spiro atoms. The van der Waals surface area contributed by atoms with Crippen molar-refractivity contribution in [1.29, 1.82) is 0 Å². The van der Waals surface area contributed by atoms with Crippen molar-refractivity contribution in [2.45, 2.75) is 12.6 Å². The van der Waals surface area contributed by atoms with Crippen LogP contribution >= 0.6 is 11.8 Å². The fourth-order valence-corrected chi connectivity index (χ4v) is 1.63. The van der Waals surface area contributed by atoms with Crippen molar-refractivity contribution in [3.05, 3.63) is 35.9 Å². The van der Waals surface area contributed by atoms with Crippen LogP contribution in [0.5, 0.6) is 0 Å². The van der Waals surface area contributed by atoms with Gasteiger partial charge in [-0.15, -0.1) is 0 Å². The number of benzene rings is 1. The molecule has 0 aliphatic rings. The number of hydroxylamine groups is 1. The predicted octanol–water partition coefficient (Wildman–Crippen LogP) is 1.57. The maximum absolute atomic E-state index is 10.8. The van der Waals surface area contributed by atoms with E-state index in [1.54, 1.807) is 0 Å². The van der Waals surface area contributed by atoms with Gasteiger partial charge in [-0.2, -0.15) is 5.48 Å². The Morgan fingerprint density at radius 3 is 2.50 bits per heavy atom. The largest absolute Gasteiger partial charge is 0.480 e. The smallest absolute Gasteiger partial charge is 0.364 e. The van der Waals surface area contributed by atoms with Gasteiger partial charge in [0.15, 0.2) is 0 Å². The molecule has 0 saturated heterocycles. The first-order valence-corrected chi connectivity index (χ1v) is 6.08. The van der Waals surface area contributed by atoms with E-state index in [-0.39, 0.29) is 12.4 Å². The number of aliphatic carboxylic acids is 1. The van der Waals surface area contributed by atoms with Crippen LogP contribution in [0.2, 0.25) is 0 Å². The number of nitrogens with one attached hydrogen (secondary N) is 1. The minimum Gasteiger partial charge on any atom is -0.480 e. The molecular weight excluding hydrogens is 258 g/mol. The third-order valence-corrected chi connectivity index (χ3v) is 2.73. The first-order valence-electron chi connectivity index (χ1n) is 5.09. The van der Waals surface area contributed by atoms with Gasteiger partial charge in [0.2, 0.25) is 0 Å². The maximum Gasteiger partial charge on any atom is 0.364 e. The predicted molar refractivity (Wildman–Crippen MR) is 66.3 cm³/mol. The summed E-state index contributed by atoms with van der Waals surface area (Å²) in [6.45, 7) is 0.211. The van der Waals surface area contributed by atoms with Crippen molar-refractivity contribution in [2.24, 2.45) is 0 Å². The van der Waals surface area contributed by atoms with Gasteiger partial charge < -0.3 is 10.2 Å². The number of carbonyl (C=O) groups is 2. The summed E-state index contributed by atoms with van der Waals surface area (Å²) in [6, 6.07) is 8.16. The molecule has 0 amide bonds. The second-order valence-corrected chi connectivity index (χ2v) is 4.33. The zero-order chi connectivity index (χ0) is 13.4. The molecule has 1 rings (SSSR count). The van der Waals surface area contributed by atoms with E-state index in [1.165, 1.54) is 0 Å². The molecule has 7 heteroatoms. The summed E-state index contributed by atoms with van der Waals surface area (Å²) in [5, 5.41) is 16.2. The molecule has 0 heterocycles. The monoisotopic (exact) mass is 271 g/mol. The topological polar surface area (TPSA) is 95.9 Å². The van der Waals surface area contributed by atoms with E-state index >= 15 is 0 Å². The lowest BCUT2D eigenvalue weighted by Crippen LogP contribution is -2.38. The van der Waals surface area contributed by atoms with Gasteiger partial charge in [-0.05, 0) is 17.3 Å². The fraction of sp³-hybridized carbons (Fsp3) is 0.273. The highest BCUT2D eigenvalue weighted by molar-refractivity contribution is 8.13. The second kappa shape index (κ2) is 7.70. The Balaban J connectivity index is 2.34. The Kier molecular flexibility index (Phi) is 6.20. The Morgan fingerprint density at radius 1 is 1.28 bits per heavy atom. The lowest BCUT2D eigenvalue weighted by Gasteiger charge is -2.12. The molecule has 0 aliphatic carbocycles. The highest BCUT2D eigenvalue weighted by atomic mass is 32.2. The molecule has 18 heavy (non-hydrogen) atoms. The molecule has 1 atom stereocenters. The van der Waals surface area contributed by atoms with E-state index in [9.17, 15) is 9.59 Å². The van der Waals surface area contributed by atoms with Crippen LogP contribution in [0.1, 0.15) is 5.56 Å². The number of thioether (sulfide) groups is 1. The first-order chi connectivity index (χ1) is 8.59. The average Bonchev–Trinajstić information content (AvgIpc) is 2.34. The molecule has 0 radical (unpaired) electrons. The summed E-state index contributed by atoms with van der Waals surface area (Å²) < 4.78 is 0. The van der Waals surface area contributed by atoms with Gasteiger partial charge in [-0.3, -0.25) is 9.63 Å². The minimum absolute atomic E-state index is 0.112. The zero-order valence-corrected chi connectivity index (χ0v) is 10.2. The Bertz CT molecular complexity index is 398. The molecule has 1 aromatic rings. The van der Waals surface area contributed by atoms with E-state index in [0.29, 0.717) is 11.8 Å². The molecule has 0 saturated carbocycles. The molecule has 0 aliphatic heterocycles. The van der Waals surface area contributed by atoms with Crippen molar-refractivity contribution < 1.29 is 24.6 Å². The van der Waals surface area contributed by atoms with Crippen LogP contribution in [0, 0.1) is 0 Å². The van der Waals surface area contributed by atoms with Gasteiger partial charge in [-0.1, -0.05) is 30.3 Å². The third kappa shape index (κ3) is 5.67. The molecule has 0 aromatic heterocycles. The maximum atomic E-state index is 10.8. The van der Waals surface area contributed by atoms with E-state index < -0.39 is 17.3 Å². The molecule has 0 fully saturated rings. The van der Waals surface area contributed by atoms with Crippen molar-refractivity contribution in [3.63, 3.8) is 0 Å². The minimum atomic E-state index is -1.16. The van der Waals surface area contributed by atoms with Crippen LogP contribution in [0.15, 0.2) is 30.3 Å². The van der Waals surface area contributed by atoms with Crippen LogP contribution in [0.4, 0.5) is 4.79 Å². The van der Waals surface area contributed by atoms with Crippen molar-refractivity contribution in [1.82, 2.24) is 5.48 Å². The van der Waals surface area contributed by atoms with Gasteiger partial charge in [0.1, 0.15) is 6.04 Å². The van der Waals surface area contributed by atoms with Gasteiger partial charge in [0.25, 0.3) is 0 Å². The lowest BCUT2D eigenvalue weighted by molar-refractivity contribution is -0.143. The lowest BCUT2D eigenvalue weighted by atomic mass is 10.2. The Morgan fingerprint density at radius 2 is 1.94 bits per heavy atom. The van der Waals surface area contributed by atoms with E-state index in [1.807, 2.05) is 30.3 Å². The van der Waals surface area contributed by atoms with Crippen molar-refractivity contribution >= 4 is 23.0 Å². The third-order valence-electron chi connectivity index (χ3n) is 1.98. The molecule has 0 unspecified atom stereocenters. The number of hydrogen-bond donors (Lipinski definition) is 3. The SMILES string of the molecule is O=C(O)SC[C@H](NOCc1ccccc1)C(=O)O. The fourth-order valence-electron chi connectivity index (χ4n) is 1.11. The standard InChI is InChI=1S/C11H13NO5S/c13-10(14)9(7-18-11(15)16)12-17-6-8-4-2-1-3-5-8/h1-5,9,12H,6-7H2,(H,13,14)(H,15,16)/t9-/m0/s1. The summed E-state index contributed by atoms with van der Waals surface area (Å²) in [6.07, 6.45) is 0. The molecule has 0 bridgehead atoms. The van der Waals surface area contributed by atoms with Crippen LogP contribution in [-0.2, 0) is 16.2 Å². The summed E-state index contributed by atoms with van der Waals surface area (Å²) in [7, 11) is 0. The van der Waals surface area contributed by atoms with E-state index in [0.717, 1.165) is 5.56 Å². The molecule has 6 nitrogen and oxygen atoms in total. The van der Waals surface area contributed by atoms with E-state index in [4.69, 9.17) is 15.1 Å². The molecule has 3 N–H and O–H groups in total. The number of carboxylic acids is 1. The number of carboxylic acid groups (broad SMARTS) is 2. The molecular formula is C11H13NO5S. The molecule has 1 aromatic carbocycles. The summed E-state index contributed by atoms with van der Waals surface area (Å²) in [5.41, 5.74) is 3.23. The summed E-state index contributed by atoms with van der Waals surface area (Å²) in [5.74, 6) is -1.27. The van der Waals surface area contributed by atoms with Gasteiger partial charge in [0.05, 0.1) is 6.61 Å². The van der Waals surface area contributed by atoms with E-state index in [2.05, 4.69) is 5.48 Å².